The second-order valence-corrected chi connectivity index (χ2v) is 7.22. The Kier molecular flexibility index (Phi) is 4.49. The summed E-state index contributed by atoms with van der Waals surface area (Å²) in [7, 11) is 0. The van der Waals surface area contributed by atoms with Gasteiger partial charge in [-0.2, -0.15) is 0 Å². The van der Waals surface area contributed by atoms with E-state index in [-0.39, 0.29) is 5.41 Å². The average Bonchev–Trinajstić information content (AvgIpc) is 3.11. The van der Waals surface area contributed by atoms with Gasteiger partial charge in [0.05, 0.1) is 0 Å². The first-order valence-corrected chi connectivity index (χ1v) is 7.59. The smallest absolute Gasteiger partial charge is 0.412 e. The topological polar surface area (TPSA) is 64.3 Å². The van der Waals surface area contributed by atoms with Crippen molar-refractivity contribution in [2.75, 3.05) is 11.9 Å². The molecule has 4 nitrogen and oxygen atoms in total. The van der Waals surface area contributed by atoms with Crippen LogP contribution >= 0.6 is 11.6 Å². The molecule has 116 valence electrons. The molecule has 2 rings (SSSR count). The second kappa shape index (κ2) is 5.85. The van der Waals surface area contributed by atoms with E-state index in [1.165, 1.54) is 0 Å². The Morgan fingerprint density at radius 3 is 2.62 bits per heavy atom. The van der Waals surface area contributed by atoms with Crippen LogP contribution in [-0.4, -0.2) is 18.2 Å². The molecule has 0 radical (unpaired) electrons. The fourth-order valence-corrected chi connectivity index (χ4v) is 2.43. The normalized spacial score (nSPS) is 16.4. The van der Waals surface area contributed by atoms with Crippen molar-refractivity contribution in [2.45, 2.75) is 45.6 Å². The number of rotatable bonds is 4. The highest BCUT2D eigenvalue weighted by molar-refractivity contribution is 6.31. The molecule has 1 amide bonds. The van der Waals surface area contributed by atoms with Gasteiger partial charge in [-0.1, -0.05) is 11.6 Å². The van der Waals surface area contributed by atoms with Gasteiger partial charge in [-0.15, -0.1) is 0 Å². The van der Waals surface area contributed by atoms with Crippen LogP contribution in [0.5, 0.6) is 0 Å². The molecule has 0 unspecified atom stereocenters. The zero-order chi connectivity index (χ0) is 15.7. The van der Waals surface area contributed by atoms with Gasteiger partial charge in [0.2, 0.25) is 0 Å². The fourth-order valence-electron chi connectivity index (χ4n) is 2.24. The molecule has 21 heavy (non-hydrogen) atoms. The summed E-state index contributed by atoms with van der Waals surface area (Å²) < 4.78 is 5.24. The second-order valence-electron chi connectivity index (χ2n) is 6.81. The maximum absolute atomic E-state index is 11.8. The Morgan fingerprint density at radius 1 is 1.43 bits per heavy atom. The van der Waals surface area contributed by atoms with E-state index in [0.29, 0.717) is 17.3 Å². The SMILES string of the molecule is CC(C)(C)OC(=O)Nc1ccc(Cl)c(CC2(CN)CC2)c1. The highest BCUT2D eigenvalue weighted by atomic mass is 35.5. The lowest BCUT2D eigenvalue weighted by Gasteiger charge is -2.20. The van der Waals surface area contributed by atoms with Crippen LogP contribution in [0.15, 0.2) is 18.2 Å². The van der Waals surface area contributed by atoms with E-state index in [2.05, 4.69) is 5.32 Å². The quantitative estimate of drug-likeness (QED) is 0.884. The van der Waals surface area contributed by atoms with Crippen molar-refractivity contribution in [1.29, 1.82) is 0 Å². The monoisotopic (exact) mass is 310 g/mol. The summed E-state index contributed by atoms with van der Waals surface area (Å²) in [5, 5.41) is 3.45. The predicted octanol–water partition coefficient (Wildman–Crippen LogP) is 3.97. The lowest BCUT2D eigenvalue weighted by molar-refractivity contribution is 0.0636. The third kappa shape index (κ3) is 4.61. The number of carbonyl (C=O) groups excluding carboxylic acids is 1. The van der Waals surface area contributed by atoms with Gasteiger partial charge < -0.3 is 10.5 Å². The summed E-state index contributed by atoms with van der Waals surface area (Å²) in [5.41, 5.74) is 7.22. The van der Waals surface area contributed by atoms with Crippen LogP contribution in [0.3, 0.4) is 0 Å². The number of hydrogen-bond donors (Lipinski definition) is 2. The zero-order valence-corrected chi connectivity index (χ0v) is 13.6. The number of benzene rings is 1. The minimum atomic E-state index is -0.517. The molecule has 0 spiro atoms. The van der Waals surface area contributed by atoms with Gasteiger partial charge in [0.15, 0.2) is 0 Å². The first-order valence-electron chi connectivity index (χ1n) is 7.22. The van der Waals surface area contributed by atoms with Crippen molar-refractivity contribution in [3.05, 3.63) is 28.8 Å². The molecule has 0 saturated heterocycles. The standard InChI is InChI=1S/C16H23ClN2O2/c1-15(2,3)21-14(20)19-12-4-5-13(17)11(8-12)9-16(10-18)6-7-16/h4-5,8H,6-7,9-10,18H2,1-3H3,(H,19,20). The van der Waals surface area contributed by atoms with Crippen LogP contribution in [-0.2, 0) is 11.2 Å². The molecule has 1 aliphatic carbocycles. The molecule has 1 aromatic carbocycles. The van der Waals surface area contributed by atoms with Crippen LogP contribution in [0, 0.1) is 5.41 Å². The van der Waals surface area contributed by atoms with Crippen LogP contribution in [0.1, 0.15) is 39.2 Å². The molecule has 5 heteroatoms. The van der Waals surface area contributed by atoms with Crippen LogP contribution < -0.4 is 11.1 Å². The van der Waals surface area contributed by atoms with Crippen LogP contribution in [0.4, 0.5) is 10.5 Å². The Bertz CT molecular complexity index is 534. The summed E-state index contributed by atoms with van der Waals surface area (Å²) in [5.74, 6) is 0. The number of ether oxygens (including phenoxy) is 1. The maximum Gasteiger partial charge on any atom is 0.412 e. The predicted molar refractivity (Wildman–Crippen MR) is 85.7 cm³/mol. The Labute approximate surface area is 131 Å². The van der Waals surface area contributed by atoms with E-state index in [1.54, 1.807) is 12.1 Å². The molecule has 0 aliphatic heterocycles. The summed E-state index contributed by atoms with van der Waals surface area (Å²) in [6.07, 6.45) is 2.68. The van der Waals surface area contributed by atoms with E-state index in [1.807, 2.05) is 26.8 Å². The van der Waals surface area contributed by atoms with Crippen molar-refractivity contribution in [3.8, 4) is 0 Å². The third-order valence-corrected chi connectivity index (χ3v) is 4.02. The molecule has 0 aromatic heterocycles. The van der Waals surface area contributed by atoms with Crippen molar-refractivity contribution in [2.24, 2.45) is 11.1 Å². The largest absolute Gasteiger partial charge is 0.444 e. The summed E-state index contributed by atoms with van der Waals surface area (Å²) in [4.78, 5) is 11.8. The van der Waals surface area contributed by atoms with Gasteiger partial charge in [0.1, 0.15) is 5.60 Å². The molecular formula is C16H23ClN2O2. The van der Waals surface area contributed by atoms with E-state index >= 15 is 0 Å². The van der Waals surface area contributed by atoms with E-state index in [9.17, 15) is 4.79 Å². The van der Waals surface area contributed by atoms with Gasteiger partial charge in [-0.25, -0.2) is 4.79 Å². The molecular weight excluding hydrogens is 288 g/mol. The highest BCUT2D eigenvalue weighted by Gasteiger charge is 2.41. The highest BCUT2D eigenvalue weighted by Crippen LogP contribution is 2.48. The Balaban J connectivity index is 2.06. The number of hydrogen-bond acceptors (Lipinski definition) is 3. The molecule has 3 N–H and O–H groups in total. The van der Waals surface area contributed by atoms with Crippen molar-refractivity contribution >= 4 is 23.4 Å². The number of halogens is 1. The van der Waals surface area contributed by atoms with Crippen molar-refractivity contribution in [3.63, 3.8) is 0 Å². The van der Waals surface area contributed by atoms with Gasteiger partial charge in [-0.3, -0.25) is 5.32 Å². The lowest BCUT2D eigenvalue weighted by Crippen LogP contribution is -2.27. The third-order valence-electron chi connectivity index (χ3n) is 3.65. The molecule has 1 fully saturated rings. The van der Waals surface area contributed by atoms with Crippen LogP contribution in [0.25, 0.3) is 0 Å². The number of amides is 1. The maximum atomic E-state index is 11.8. The average molecular weight is 311 g/mol. The molecule has 0 heterocycles. The van der Waals surface area contributed by atoms with E-state index < -0.39 is 11.7 Å². The molecule has 1 aliphatic rings. The summed E-state index contributed by atoms with van der Waals surface area (Å²) in [6, 6.07) is 5.48. The van der Waals surface area contributed by atoms with E-state index in [0.717, 1.165) is 24.8 Å². The summed E-state index contributed by atoms with van der Waals surface area (Å²) >= 11 is 6.25. The summed E-state index contributed by atoms with van der Waals surface area (Å²) in [6.45, 7) is 6.17. The van der Waals surface area contributed by atoms with Crippen molar-refractivity contribution < 1.29 is 9.53 Å². The first kappa shape index (κ1) is 16.1. The molecule has 0 atom stereocenters. The minimum absolute atomic E-state index is 0.203. The minimum Gasteiger partial charge on any atom is -0.444 e. The van der Waals surface area contributed by atoms with Gasteiger partial charge in [0, 0.05) is 10.7 Å². The van der Waals surface area contributed by atoms with Gasteiger partial charge >= 0.3 is 6.09 Å². The molecule has 0 bridgehead atoms. The van der Waals surface area contributed by atoms with Gasteiger partial charge in [-0.05, 0) is 75.8 Å². The first-order chi connectivity index (χ1) is 9.73. The van der Waals surface area contributed by atoms with Gasteiger partial charge in [0.25, 0.3) is 0 Å². The number of nitrogens with two attached hydrogens (primary N) is 1. The Morgan fingerprint density at radius 2 is 2.10 bits per heavy atom. The number of nitrogens with one attached hydrogen (secondary N) is 1. The lowest BCUT2D eigenvalue weighted by atomic mass is 9.96. The molecule has 1 aromatic rings. The fraction of sp³-hybridized carbons (Fsp3) is 0.562. The van der Waals surface area contributed by atoms with Crippen molar-refractivity contribution in [1.82, 2.24) is 0 Å². The zero-order valence-electron chi connectivity index (χ0n) is 12.8. The molecule has 1 saturated carbocycles. The number of carbonyl (C=O) groups is 1. The number of anilines is 1. The van der Waals surface area contributed by atoms with Crippen LogP contribution in [0.2, 0.25) is 5.02 Å². The van der Waals surface area contributed by atoms with E-state index in [4.69, 9.17) is 22.1 Å². The Hall–Kier alpha value is -1.26.